The fraction of sp³-hybridized carbons (Fsp3) is 0.381. The van der Waals surface area contributed by atoms with E-state index >= 15 is 0 Å². The molecule has 0 aliphatic rings. The smallest absolute Gasteiger partial charge is 0.311 e. The summed E-state index contributed by atoms with van der Waals surface area (Å²) in [6, 6.07) is 14.9. The number of carbonyl (C=O) groups is 1. The van der Waals surface area contributed by atoms with Gasteiger partial charge in [0.15, 0.2) is 0 Å². The molecule has 4 nitrogen and oxygen atoms in total. The number of benzene rings is 2. The van der Waals surface area contributed by atoms with Crippen LogP contribution in [0.5, 0.6) is 11.5 Å². The van der Waals surface area contributed by atoms with Gasteiger partial charge in [-0.25, -0.2) is 0 Å². The van der Waals surface area contributed by atoms with Gasteiger partial charge >= 0.3 is 5.97 Å². The molecule has 0 aromatic heterocycles. The Bertz CT molecular complexity index is 647. The lowest BCUT2D eigenvalue weighted by Gasteiger charge is -2.14. The van der Waals surface area contributed by atoms with Crippen molar-refractivity contribution in [2.24, 2.45) is 0 Å². The van der Waals surface area contributed by atoms with Crippen molar-refractivity contribution in [2.45, 2.75) is 38.5 Å². The van der Waals surface area contributed by atoms with E-state index in [-0.39, 0.29) is 0 Å². The molecule has 2 aromatic carbocycles. The zero-order valence-electron chi connectivity index (χ0n) is 14.9. The summed E-state index contributed by atoms with van der Waals surface area (Å²) in [5.74, 6) is 0.140. The molecule has 25 heavy (non-hydrogen) atoms. The van der Waals surface area contributed by atoms with Gasteiger partial charge in [0.05, 0.1) is 19.6 Å². The summed E-state index contributed by atoms with van der Waals surface area (Å²) in [7, 11) is 1.59. The Hall–Kier alpha value is -2.49. The number of hydrogen-bond acceptors (Lipinski definition) is 3. The lowest BCUT2D eigenvalue weighted by molar-refractivity contribution is -0.138. The van der Waals surface area contributed by atoms with Gasteiger partial charge in [-0.2, -0.15) is 0 Å². The zero-order valence-corrected chi connectivity index (χ0v) is 14.9. The molecule has 2 rings (SSSR count). The fourth-order valence-corrected chi connectivity index (χ4v) is 2.68. The molecule has 2 aromatic rings. The average Bonchev–Trinajstić information content (AvgIpc) is 2.64. The van der Waals surface area contributed by atoms with Crippen LogP contribution in [0.2, 0.25) is 0 Å². The zero-order chi connectivity index (χ0) is 18.1. The molecule has 0 aliphatic carbocycles. The van der Waals surface area contributed by atoms with E-state index in [0.29, 0.717) is 6.42 Å². The molecular weight excluding hydrogens is 316 g/mol. The first-order valence-corrected chi connectivity index (χ1v) is 8.72. The number of aliphatic carboxylic acids is 1. The summed E-state index contributed by atoms with van der Waals surface area (Å²) in [4.78, 5) is 11.7. The van der Waals surface area contributed by atoms with Crippen LogP contribution < -0.4 is 9.47 Å². The van der Waals surface area contributed by atoms with Crippen molar-refractivity contribution in [1.29, 1.82) is 0 Å². The van der Waals surface area contributed by atoms with E-state index in [2.05, 4.69) is 6.92 Å². The summed E-state index contributed by atoms with van der Waals surface area (Å²) in [5.41, 5.74) is 1.75. The van der Waals surface area contributed by atoms with Gasteiger partial charge in [-0.05, 0) is 48.2 Å². The summed E-state index contributed by atoms with van der Waals surface area (Å²) in [6.07, 6.45) is 3.83. The Balaban J connectivity index is 2.00. The number of ether oxygens (including phenoxy) is 2. The van der Waals surface area contributed by atoms with Gasteiger partial charge in [0, 0.05) is 0 Å². The molecule has 1 unspecified atom stereocenters. The van der Waals surface area contributed by atoms with Crippen LogP contribution in [-0.4, -0.2) is 24.8 Å². The summed E-state index contributed by atoms with van der Waals surface area (Å²) < 4.78 is 10.8. The van der Waals surface area contributed by atoms with Crippen molar-refractivity contribution in [2.75, 3.05) is 13.7 Å². The molecule has 0 saturated carbocycles. The van der Waals surface area contributed by atoms with Gasteiger partial charge in [0.25, 0.3) is 0 Å². The third-order valence-electron chi connectivity index (χ3n) is 4.20. The molecule has 0 bridgehead atoms. The van der Waals surface area contributed by atoms with Crippen LogP contribution in [0.1, 0.15) is 43.2 Å². The van der Waals surface area contributed by atoms with E-state index in [0.717, 1.165) is 35.7 Å². The molecule has 0 heterocycles. The first kappa shape index (κ1) is 18.8. The molecule has 1 atom stereocenters. The Morgan fingerprint density at radius 2 is 1.64 bits per heavy atom. The van der Waals surface area contributed by atoms with Crippen molar-refractivity contribution in [3.05, 3.63) is 59.7 Å². The highest BCUT2D eigenvalue weighted by Gasteiger charge is 2.20. The largest absolute Gasteiger partial charge is 0.497 e. The number of hydrogen-bond donors (Lipinski definition) is 1. The van der Waals surface area contributed by atoms with Crippen molar-refractivity contribution < 1.29 is 19.4 Å². The normalized spacial score (nSPS) is 11.8. The lowest BCUT2D eigenvalue weighted by atomic mass is 9.92. The maximum atomic E-state index is 11.7. The molecule has 0 radical (unpaired) electrons. The number of unbranched alkanes of at least 4 members (excludes halogenated alkanes) is 2. The van der Waals surface area contributed by atoms with E-state index < -0.39 is 11.9 Å². The van der Waals surface area contributed by atoms with Crippen LogP contribution in [0.25, 0.3) is 0 Å². The summed E-state index contributed by atoms with van der Waals surface area (Å²) >= 11 is 0. The van der Waals surface area contributed by atoms with E-state index in [4.69, 9.17) is 9.47 Å². The molecule has 4 heteroatoms. The summed E-state index contributed by atoms with van der Waals surface area (Å²) in [5, 5.41) is 9.58. The number of carboxylic acids is 1. The van der Waals surface area contributed by atoms with Crippen LogP contribution in [0.15, 0.2) is 48.5 Å². The minimum absolute atomic E-state index is 0.442. The Kier molecular flexibility index (Phi) is 7.33. The maximum absolute atomic E-state index is 11.7. The lowest BCUT2D eigenvalue weighted by Crippen LogP contribution is -2.14. The highest BCUT2D eigenvalue weighted by atomic mass is 16.5. The van der Waals surface area contributed by atoms with Crippen LogP contribution in [0, 0.1) is 0 Å². The van der Waals surface area contributed by atoms with Gasteiger partial charge in [-0.3, -0.25) is 4.79 Å². The monoisotopic (exact) mass is 342 g/mol. The second kappa shape index (κ2) is 9.72. The van der Waals surface area contributed by atoms with Gasteiger partial charge in [0.2, 0.25) is 0 Å². The van der Waals surface area contributed by atoms with Gasteiger partial charge in [-0.15, -0.1) is 0 Å². The number of methoxy groups -OCH3 is 1. The van der Waals surface area contributed by atoms with Crippen LogP contribution in [-0.2, 0) is 11.2 Å². The molecule has 0 saturated heterocycles. The Morgan fingerprint density at radius 3 is 2.20 bits per heavy atom. The van der Waals surface area contributed by atoms with Gasteiger partial charge in [-0.1, -0.05) is 44.0 Å². The van der Waals surface area contributed by atoms with Crippen molar-refractivity contribution in [1.82, 2.24) is 0 Å². The fourth-order valence-electron chi connectivity index (χ4n) is 2.68. The second-order valence-corrected chi connectivity index (χ2v) is 6.07. The Morgan fingerprint density at radius 1 is 1.00 bits per heavy atom. The standard InChI is InChI=1S/C21H26O4/c1-3-4-5-14-25-19-10-6-16(7-11-19)15-20(21(22)23)17-8-12-18(24-2)13-9-17/h6-13,20H,3-5,14-15H2,1-2H3,(H,22,23). The molecule has 134 valence electrons. The first-order valence-electron chi connectivity index (χ1n) is 8.72. The SMILES string of the molecule is CCCCCOc1ccc(CC(C(=O)O)c2ccc(OC)cc2)cc1. The predicted molar refractivity (Wildman–Crippen MR) is 98.5 cm³/mol. The van der Waals surface area contributed by atoms with E-state index in [1.165, 1.54) is 12.8 Å². The van der Waals surface area contributed by atoms with E-state index in [1.807, 2.05) is 36.4 Å². The highest BCUT2D eigenvalue weighted by Crippen LogP contribution is 2.25. The molecular formula is C21H26O4. The maximum Gasteiger partial charge on any atom is 0.311 e. The van der Waals surface area contributed by atoms with E-state index in [1.54, 1.807) is 19.2 Å². The van der Waals surface area contributed by atoms with Crippen LogP contribution in [0.4, 0.5) is 0 Å². The molecule has 0 fully saturated rings. The van der Waals surface area contributed by atoms with Crippen LogP contribution >= 0.6 is 0 Å². The third-order valence-corrected chi connectivity index (χ3v) is 4.20. The quantitative estimate of drug-likeness (QED) is 0.637. The van der Waals surface area contributed by atoms with Crippen molar-refractivity contribution in [3.63, 3.8) is 0 Å². The van der Waals surface area contributed by atoms with Gasteiger partial charge in [0.1, 0.15) is 11.5 Å². The van der Waals surface area contributed by atoms with Crippen LogP contribution in [0.3, 0.4) is 0 Å². The second-order valence-electron chi connectivity index (χ2n) is 6.07. The van der Waals surface area contributed by atoms with Crippen molar-refractivity contribution >= 4 is 5.97 Å². The highest BCUT2D eigenvalue weighted by molar-refractivity contribution is 5.76. The Labute approximate surface area is 149 Å². The molecule has 1 N–H and O–H groups in total. The topological polar surface area (TPSA) is 55.8 Å². The molecule has 0 aliphatic heterocycles. The van der Waals surface area contributed by atoms with Gasteiger partial charge < -0.3 is 14.6 Å². The average molecular weight is 342 g/mol. The first-order chi connectivity index (χ1) is 12.1. The minimum Gasteiger partial charge on any atom is -0.497 e. The summed E-state index contributed by atoms with van der Waals surface area (Å²) in [6.45, 7) is 2.88. The van der Waals surface area contributed by atoms with Crippen molar-refractivity contribution in [3.8, 4) is 11.5 Å². The molecule has 0 amide bonds. The third kappa shape index (κ3) is 5.82. The predicted octanol–water partition coefficient (Wildman–Crippen LogP) is 4.68. The van der Waals surface area contributed by atoms with E-state index in [9.17, 15) is 9.90 Å². The number of rotatable bonds is 10. The molecule has 0 spiro atoms. The number of carboxylic acid groups (broad SMARTS) is 1. The minimum atomic E-state index is -0.829.